The van der Waals surface area contributed by atoms with Crippen molar-refractivity contribution in [1.82, 2.24) is 14.5 Å². The molecule has 0 bridgehead atoms. The van der Waals surface area contributed by atoms with Gasteiger partial charge in [-0.05, 0) is 19.4 Å². The highest BCUT2D eigenvalue weighted by Crippen LogP contribution is 2.36. The fourth-order valence-corrected chi connectivity index (χ4v) is 3.01. The molecule has 20 heavy (non-hydrogen) atoms. The Bertz CT molecular complexity index is 435. The molecule has 1 fully saturated rings. The molecule has 1 saturated heterocycles. The Morgan fingerprint density at radius 3 is 2.85 bits per heavy atom. The maximum atomic E-state index is 11.5. The normalized spacial score (nSPS) is 27.6. The second-order valence-corrected chi connectivity index (χ2v) is 5.58. The van der Waals surface area contributed by atoms with Crippen LogP contribution in [-0.4, -0.2) is 56.4 Å². The van der Waals surface area contributed by atoms with Crippen LogP contribution in [-0.2, 0) is 11.3 Å². The zero-order valence-electron chi connectivity index (χ0n) is 11.9. The van der Waals surface area contributed by atoms with Crippen LogP contribution in [0.1, 0.15) is 26.2 Å². The summed E-state index contributed by atoms with van der Waals surface area (Å²) in [5.41, 5.74) is -0.958. The number of carboxylic acids is 1. The minimum absolute atomic E-state index is 0.432. The number of aromatic nitrogens is 2. The van der Waals surface area contributed by atoms with E-state index in [4.69, 9.17) is 0 Å². The molecule has 6 heteroatoms. The number of aliphatic carboxylic acids is 1. The zero-order chi connectivity index (χ0) is 14.6. The average molecular weight is 281 g/mol. The summed E-state index contributed by atoms with van der Waals surface area (Å²) in [5.74, 6) is -0.860. The quantitative estimate of drug-likeness (QED) is 0.807. The van der Waals surface area contributed by atoms with Gasteiger partial charge in [0.25, 0.3) is 0 Å². The molecule has 2 heterocycles. The third-order valence-electron chi connectivity index (χ3n) is 4.30. The van der Waals surface area contributed by atoms with Gasteiger partial charge in [0.2, 0.25) is 0 Å². The number of carboxylic acid groups (broad SMARTS) is 1. The van der Waals surface area contributed by atoms with Gasteiger partial charge in [0, 0.05) is 32.0 Å². The van der Waals surface area contributed by atoms with Crippen LogP contribution in [0.4, 0.5) is 0 Å². The number of hydrogen-bond acceptors (Lipinski definition) is 4. The first kappa shape index (κ1) is 15.0. The van der Waals surface area contributed by atoms with Crippen molar-refractivity contribution in [3.63, 3.8) is 0 Å². The van der Waals surface area contributed by atoms with Crippen LogP contribution in [0.2, 0.25) is 0 Å². The van der Waals surface area contributed by atoms with E-state index >= 15 is 0 Å². The number of aliphatic hydroxyl groups is 1. The SMILES string of the molecule is CCC[C@]1(C(=O)O)CCN(CCn2ccnc2)C[C@H]1O. The lowest BCUT2D eigenvalue weighted by Crippen LogP contribution is -2.55. The Hall–Kier alpha value is -1.40. The first-order valence-electron chi connectivity index (χ1n) is 7.18. The predicted molar refractivity (Wildman–Crippen MR) is 74.3 cm³/mol. The first-order chi connectivity index (χ1) is 9.58. The van der Waals surface area contributed by atoms with Gasteiger partial charge in [-0.3, -0.25) is 9.69 Å². The summed E-state index contributed by atoms with van der Waals surface area (Å²) in [7, 11) is 0. The number of rotatable bonds is 6. The van der Waals surface area contributed by atoms with E-state index in [1.54, 1.807) is 12.5 Å². The molecule has 0 aromatic carbocycles. The molecule has 2 atom stereocenters. The van der Waals surface area contributed by atoms with Gasteiger partial charge in [-0.15, -0.1) is 0 Å². The number of aliphatic hydroxyl groups excluding tert-OH is 1. The van der Waals surface area contributed by atoms with Gasteiger partial charge in [-0.25, -0.2) is 4.98 Å². The molecule has 112 valence electrons. The summed E-state index contributed by atoms with van der Waals surface area (Å²) in [4.78, 5) is 17.7. The second kappa shape index (κ2) is 6.37. The third-order valence-corrected chi connectivity index (χ3v) is 4.30. The highest BCUT2D eigenvalue weighted by Gasteiger charge is 2.47. The Labute approximate surface area is 119 Å². The van der Waals surface area contributed by atoms with Crippen molar-refractivity contribution in [2.75, 3.05) is 19.6 Å². The molecule has 0 amide bonds. The average Bonchev–Trinajstić information content (AvgIpc) is 2.92. The number of piperidine rings is 1. The standard InChI is InChI=1S/C14H23N3O3/c1-2-3-14(13(19)20)4-6-16(10-12(14)18)8-9-17-7-5-15-11-17/h5,7,11-12,18H,2-4,6,8-10H2,1H3,(H,19,20)/t12-,14+/m1/s1. The highest BCUT2D eigenvalue weighted by atomic mass is 16.4. The van der Waals surface area contributed by atoms with Gasteiger partial charge < -0.3 is 14.8 Å². The molecule has 1 aliphatic heterocycles. The molecule has 1 aromatic heterocycles. The van der Waals surface area contributed by atoms with Crippen LogP contribution in [0.15, 0.2) is 18.7 Å². The second-order valence-electron chi connectivity index (χ2n) is 5.58. The van der Waals surface area contributed by atoms with Gasteiger partial charge in [-0.2, -0.15) is 0 Å². The van der Waals surface area contributed by atoms with E-state index in [2.05, 4.69) is 9.88 Å². The molecule has 1 aromatic rings. The van der Waals surface area contributed by atoms with E-state index in [0.717, 1.165) is 26.1 Å². The number of carbonyl (C=O) groups is 1. The Kier molecular flexibility index (Phi) is 4.77. The van der Waals surface area contributed by atoms with Crippen LogP contribution in [0, 0.1) is 5.41 Å². The molecule has 6 nitrogen and oxygen atoms in total. The monoisotopic (exact) mass is 281 g/mol. The smallest absolute Gasteiger partial charge is 0.312 e. The summed E-state index contributed by atoms with van der Waals surface area (Å²) < 4.78 is 1.98. The Balaban J connectivity index is 1.92. The number of imidazole rings is 1. The molecular formula is C14H23N3O3. The van der Waals surface area contributed by atoms with E-state index in [-0.39, 0.29) is 0 Å². The summed E-state index contributed by atoms with van der Waals surface area (Å²) in [6, 6.07) is 0. The summed E-state index contributed by atoms with van der Waals surface area (Å²) in [5, 5.41) is 19.8. The van der Waals surface area contributed by atoms with Gasteiger partial charge in [0.15, 0.2) is 0 Å². The maximum absolute atomic E-state index is 11.5. The van der Waals surface area contributed by atoms with E-state index in [1.807, 2.05) is 17.7 Å². The summed E-state index contributed by atoms with van der Waals surface area (Å²) in [6.07, 6.45) is 6.44. The van der Waals surface area contributed by atoms with Crippen molar-refractivity contribution in [3.8, 4) is 0 Å². The molecule has 0 radical (unpaired) electrons. The summed E-state index contributed by atoms with van der Waals surface area (Å²) >= 11 is 0. The summed E-state index contributed by atoms with van der Waals surface area (Å²) in [6.45, 7) is 4.72. The fourth-order valence-electron chi connectivity index (χ4n) is 3.01. The van der Waals surface area contributed by atoms with Gasteiger partial charge in [0.1, 0.15) is 0 Å². The fraction of sp³-hybridized carbons (Fsp3) is 0.714. The van der Waals surface area contributed by atoms with Crippen molar-refractivity contribution in [3.05, 3.63) is 18.7 Å². The lowest BCUT2D eigenvalue weighted by Gasteiger charge is -2.42. The number of nitrogens with zero attached hydrogens (tertiary/aromatic N) is 3. The van der Waals surface area contributed by atoms with E-state index in [9.17, 15) is 15.0 Å². The van der Waals surface area contributed by atoms with E-state index < -0.39 is 17.5 Å². The molecular weight excluding hydrogens is 258 g/mol. The van der Waals surface area contributed by atoms with Gasteiger partial charge >= 0.3 is 5.97 Å². The van der Waals surface area contributed by atoms with Crippen molar-refractivity contribution in [2.24, 2.45) is 5.41 Å². The van der Waals surface area contributed by atoms with E-state index in [1.165, 1.54) is 0 Å². The minimum Gasteiger partial charge on any atom is -0.481 e. The van der Waals surface area contributed by atoms with Crippen LogP contribution in [0.3, 0.4) is 0 Å². The zero-order valence-corrected chi connectivity index (χ0v) is 11.9. The molecule has 0 aliphatic carbocycles. The molecule has 2 rings (SSSR count). The van der Waals surface area contributed by atoms with E-state index in [0.29, 0.717) is 19.4 Å². The van der Waals surface area contributed by atoms with Crippen LogP contribution >= 0.6 is 0 Å². The topological polar surface area (TPSA) is 78.6 Å². The van der Waals surface area contributed by atoms with Crippen molar-refractivity contribution in [2.45, 2.75) is 38.8 Å². The maximum Gasteiger partial charge on any atom is 0.312 e. The number of likely N-dealkylation sites (tertiary alicyclic amines) is 1. The minimum atomic E-state index is -0.958. The largest absolute Gasteiger partial charge is 0.481 e. The number of hydrogen-bond donors (Lipinski definition) is 2. The van der Waals surface area contributed by atoms with Crippen LogP contribution < -0.4 is 0 Å². The predicted octanol–water partition coefficient (Wildman–Crippen LogP) is 0.821. The first-order valence-corrected chi connectivity index (χ1v) is 7.18. The van der Waals surface area contributed by atoms with Crippen LogP contribution in [0.5, 0.6) is 0 Å². The lowest BCUT2D eigenvalue weighted by molar-refractivity contribution is -0.163. The molecule has 0 spiro atoms. The molecule has 0 saturated carbocycles. The van der Waals surface area contributed by atoms with Gasteiger partial charge in [0.05, 0.1) is 17.8 Å². The van der Waals surface area contributed by atoms with Crippen LogP contribution in [0.25, 0.3) is 0 Å². The molecule has 2 N–H and O–H groups in total. The number of β-amino-alcohol motifs (C(OH)–C–C–N with tert-alkyl or cyclic N) is 1. The molecule has 0 unspecified atom stereocenters. The van der Waals surface area contributed by atoms with Crippen molar-refractivity contribution in [1.29, 1.82) is 0 Å². The Morgan fingerprint density at radius 1 is 1.50 bits per heavy atom. The highest BCUT2D eigenvalue weighted by molar-refractivity contribution is 5.75. The lowest BCUT2D eigenvalue weighted by atomic mass is 9.73. The van der Waals surface area contributed by atoms with Crippen molar-refractivity contribution >= 4 is 5.97 Å². The third kappa shape index (κ3) is 3.02. The Morgan fingerprint density at radius 2 is 2.30 bits per heavy atom. The molecule has 1 aliphatic rings. The van der Waals surface area contributed by atoms with Crippen molar-refractivity contribution < 1.29 is 15.0 Å². The van der Waals surface area contributed by atoms with Gasteiger partial charge in [-0.1, -0.05) is 13.3 Å².